The van der Waals surface area contributed by atoms with E-state index in [-0.39, 0.29) is 17.2 Å². The number of hydrogen-bond donors (Lipinski definition) is 1. The summed E-state index contributed by atoms with van der Waals surface area (Å²) in [5.74, 6) is 2.38. The highest BCUT2D eigenvalue weighted by Crippen LogP contribution is 2.42. The third-order valence-electron chi connectivity index (χ3n) is 3.85. The van der Waals surface area contributed by atoms with Gasteiger partial charge >= 0.3 is 0 Å². The van der Waals surface area contributed by atoms with Crippen molar-refractivity contribution in [3.05, 3.63) is 23.2 Å². The summed E-state index contributed by atoms with van der Waals surface area (Å²) in [5, 5.41) is 0. The van der Waals surface area contributed by atoms with Crippen molar-refractivity contribution in [3.63, 3.8) is 0 Å². The highest BCUT2D eigenvalue weighted by atomic mass is 35.5. The Hall–Kier alpha value is -0.520. The van der Waals surface area contributed by atoms with E-state index in [9.17, 15) is 8.42 Å². The van der Waals surface area contributed by atoms with Crippen molar-refractivity contribution < 1.29 is 12.8 Å². The molecule has 1 unspecified atom stereocenters. The van der Waals surface area contributed by atoms with Crippen LogP contribution < -0.4 is 4.72 Å². The minimum absolute atomic E-state index is 0.0284. The van der Waals surface area contributed by atoms with Gasteiger partial charge in [0.1, 0.15) is 11.5 Å². The normalized spacial score (nSPS) is 21.2. The van der Waals surface area contributed by atoms with E-state index in [0.29, 0.717) is 18.7 Å². The Labute approximate surface area is 132 Å². The third-order valence-corrected chi connectivity index (χ3v) is 5.59. The molecule has 21 heavy (non-hydrogen) atoms. The van der Waals surface area contributed by atoms with Crippen LogP contribution in [0.25, 0.3) is 0 Å². The molecule has 2 rings (SSSR count). The number of furan rings is 1. The predicted molar refractivity (Wildman–Crippen MR) is 85.2 cm³/mol. The SMILES string of the molecule is Cc1cc2c(o1)CC(C)(C)CC2NS(=O)(=O)CCCCCl. The molecule has 6 heteroatoms. The lowest BCUT2D eigenvalue weighted by Crippen LogP contribution is -2.37. The number of halogens is 1. The van der Waals surface area contributed by atoms with Crippen LogP contribution in [0.3, 0.4) is 0 Å². The molecule has 4 nitrogen and oxygen atoms in total. The first-order valence-electron chi connectivity index (χ1n) is 7.38. The van der Waals surface area contributed by atoms with Crippen molar-refractivity contribution in [1.82, 2.24) is 4.72 Å². The third kappa shape index (κ3) is 4.47. The molecule has 1 heterocycles. The highest BCUT2D eigenvalue weighted by molar-refractivity contribution is 7.89. The van der Waals surface area contributed by atoms with Crippen LogP contribution in [0.2, 0.25) is 0 Å². The standard InChI is InChI=1S/C15H24ClNO3S/c1-11-8-12-13(9-15(2,3)10-14(12)20-11)17-21(18,19)7-5-4-6-16/h8,13,17H,4-7,9-10H2,1-3H3. The Morgan fingerprint density at radius 3 is 2.81 bits per heavy atom. The van der Waals surface area contributed by atoms with Crippen LogP contribution in [0.5, 0.6) is 0 Å². The van der Waals surface area contributed by atoms with Gasteiger partial charge in [-0.3, -0.25) is 0 Å². The van der Waals surface area contributed by atoms with Gasteiger partial charge in [-0.2, -0.15) is 0 Å². The van der Waals surface area contributed by atoms with Gasteiger partial charge in [-0.25, -0.2) is 13.1 Å². The Kier molecular flexibility index (Phi) is 5.06. The van der Waals surface area contributed by atoms with E-state index in [0.717, 1.165) is 29.9 Å². The van der Waals surface area contributed by atoms with E-state index in [1.807, 2.05) is 13.0 Å². The molecule has 0 amide bonds. The Morgan fingerprint density at radius 1 is 1.43 bits per heavy atom. The van der Waals surface area contributed by atoms with E-state index >= 15 is 0 Å². The summed E-state index contributed by atoms with van der Waals surface area (Å²) < 4.78 is 33.0. The maximum atomic E-state index is 12.2. The van der Waals surface area contributed by atoms with Crippen molar-refractivity contribution in [1.29, 1.82) is 0 Å². The Balaban J connectivity index is 2.15. The first kappa shape index (κ1) is 16.8. The summed E-state index contributed by atoms with van der Waals surface area (Å²) in [4.78, 5) is 0. The fourth-order valence-electron chi connectivity index (χ4n) is 2.95. The fourth-order valence-corrected chi connectivity index (χ4v) is 4.49. The molecule has 120 valence electrons. The second-order valence-corrected chi connectivity index (χ2v) is 8.92. The van der Waals surface area contributed by atoms with Gasteiger partial charge in [0.2, 0.25) is 10.0 Å². The molecule has 1 aliphatic rings. The monoisotopic (exact) mass is 333 g/mol. The molecular weight excluding hydrogens is 310 g/mol. The number of rotatable bonds is 6. The second-order valence-electron chi connectivity index (χ2n) is 6.67. The fraction of sp³-hybridized carbons (Fsp3) is 0.733. The minimum Gasteiger partial charge on any atom is -0.466 e. The average Bonchev–Trinajstić information content (AvgIpc) is 2.67. The van der Waals surface area contributed by atoms with Crippen LogP contribution in [0.1, 0.15) is 56.2 Å². The predicted octanol–water partition coefficient (Wildman–Crippen LogP) is 3.54. The van der Waals surface area contributed by atoms with Gasteiger partial charge in [-0.05, 0) is 37.7 Å². The van der Waals surface area contributed by atoms with Crippen LogP contribution in [0, 0.1) is 12.3 Å². The molecule has 0 radical (unpaired) electrons. The topological polar surface area (TPSA) is 59.3 Å². The molecule has 0 aromatic carbocycles. The van der Waals surface area contributed by atoms with Crippen LogP contribution in [0.15, 0.2) is 10.5 Å². The molecular formula is C15H24ClNO3S. The van der Waals surface area contributed by atoms with Crippen LogP contribution in [-0.2, 0) is 16.4 Å². The molecule has 1 N–H and O–H groups in total. The van der Waals surface area contributed by atoms with Gasteiger partial charge in [0, 0.05) is 17.9 Å². The van der Waals surface area contributed by atoms with E-state index in [1.54, 1.807) is 0 Å². The summed E-state index contributed by atoms with van der Waals surface area (Å²) in [5.41, 5.74) is 1.02. The number of sulfonamides is 1. The lowest BCUT2D eigenvalue weighted by Gasteiger charge is -2.34. The first-order valence-corrected chi connectivity index (χ1v) is 9.56. The Morgan fingerprint density at radius 2 is 2.14 bits per heavy atom. The van der Waals surface area contributed by atoms with Crippen molar-refractivity contribution in [3.8, 4) is 0 Å². The lowest BCUT2D eigenvalue weighted by molar-refractivity contribution is 0.247. The quantitative estimate of drug-likeness (QED) is 0.640. The molecule has 0 fully saturated rings. The van der Waals surface area contributed by atoms with Crippen LogP contribution in [0.4, 0.5) is 0 Å². The number of alkyl halides is 1. The van der Waals surface area contributed by atoms with Gasteiger partial charge in [-0.1, -0.05) is 13.8 Å². The summed E-state index contributed by atoms with van der Waals surface area (Å²) in [7, 11) is -3.29. The largest absolute Gasteiger partial charge is 0.466 e. The zero-order chi connectivity index (χ0) is 15.7. The van der Waals surface area contributed by atoms with E-state index in [4.69, 9.17) is 16.0 Å². The molecule has 0 bridgehead atoms. The number of aryl methyl sites for hydroxylation is 1. The molecule has 1 aliphatic carbocycles. The summed E-state index contributed by atoms with van der Waals surface area (Å²) >= 11 is 5.60. The summed E-state index contributed by atoms with van der Waals surface area (Å²) in [6.07, 6.45) is 2.94. The molecule has 1 aromatic rings. The van der Waals surface area contributed by atoms with Gasteiger partial charge in [0.05, 0.1) is 11.8 Å². The average molecular weight is 334 g/mol. The van der Waals surface area contributed by atoms with Gasteiger partial charge < -0.3 is 4.42 Å². The summed E-state index contributed by atoms with van der Waals surface area (Å²) in [6, 6.07) is 1.76. The highest BCUT2D eigenvalue weighted by Gasteiger charge is 2.36. The van der Waals surface area contributed by atoms with E-state index < -0.39 is 10.0 Å². The molecule has 0 saturated carbocycles. The van der Waals surface area contributed by atoms with Gasteiger partial charge in [0.15, 0.2) is 0 Å². The van der Waals surface area contributed by atoms with Crippen molar-refractivity contribution in [2.75, 3.05) is 11.6 Å². The van der Waals surface area contributed by atoms with Crippen LogP contribution in [-0.4, -0.2) is 20.1 Å². The van der Waals surface area contributed by atoms with Gasteiger partial charge in [0.25, 0.3) is 0 Å². The number of unbranched alkanes of at least 4 members (excludes halogenated alkanes) is 1. The zero-order valence-corrected chi connectivity index (χ0v) is 14.5. The minimum atomic E-state index is -3.29. The van der Waals surface area contributed by atoms with E-state index in [1.165, 1.54) is 0 Å². The number of fused-ring (bicyclic) bond motifs is 1. The molecule has 0 spiro atoms. The lowest BCUT2D eigenvalue weighted by atomic mass is 9.75. The molecule has 0 saturated heterocycles. The zero-order valence-electron chi connectivity index (χ0n) is 12.9. The molecule has 0 aliphatic heterocycles. The second kappa shape index (κ2) is 6.31. The Bertz CT molecular complexity index is 592. The smallest absolute Gasteiger partial charge is 0.212 e. The van der Waals surface area contributed by atoms with Crippen molar-refractivity contribution >= 4 is 21.6 Å². The van der Waals surface area contributed by atoms with Crippen molar-refractivity contribution in [2.45, 2.75) is 52.5 Å². The number of hydrogen-bond acceptors (Lipinski definition) is 3. The molecule has 1 aromatic heterocycles. The maximum absolute atomic E-state index is 12.2. The van der Waals surface area contributed by atoms with Crippen molar-refractivity contribution in [2.24, 2.45) is 5.41 Å². The number of nitrogens with one attached hydrogen (secondary N) is 1. The first-order chi connectivity index (χ1) is 9.72. The van der Waals surface area contributed by atoms with E-state index in [2.05, 4.69) is 18.6 Å². The maximum Gasteiger partial charge on any atom is 0.212 e. The van der Waals surface area contributed by atoms with Crippen LogP contribution >= 0.6 is 11.6 Å². The van der Waals surface area contributed by atoms with Gasteiger partial charge in [-0.15, -0.1) is 11.6 Å². The summed E-state index contributed by atoms with van der Waals surface area (Å²) in [6.45, 7) is 6.18. The molecule has 1 atom stereocenters.